The molecule has 2 rings (SSSR count). The van der Waals surface area contributed by atoms with Gasteiger partial charge < -0.3 is 4.74 Å². The molecule has 1 N–H and O–H groups in total. The van der Waals surface area contributed by atoms with Crippen LogP contribution in [-0.2, 0) is 19.6 Å². The molecule has 1 fully saturated rings. The lowest BCUT2D eigenvalue weighted by molar-refractivity contribution is -0.129. The number of nitrogens with zero attached hydrogens (tertiary/aromatic N) is 1. The molecule has 0 spiro atoms. The number of sulfonamides is 1. The molecule has 0 unspecified atom stereocenters. The van der Waals surface area contributed by atoms with Gasteiger partial charge in [-0.3, -0.25) is 4.79 Å². The summed E-state index contributed by atoms with van der Waals surface area (Å²) < 4.78 is 32.1. The Morgan fingerprint density at radius 3 is 2.71 bits per heavy atom. The zero-order chi connectivity index (χ0) is 15.6. The minimum absolute atomic E-state index is 0.0560. The second kappa shape index (κ2) is 6.13. The Bertz CT molecular complexity index is 711. The van der Waals surface area contributed by atoms with Gasteiger partial charge in [0.25, 0.3) is 15.9 Å². The monoisotopic (exact) mass is 372 g/mol. The lowest BCUT2D eigenvalue weighted by atomic mass is 10.2. The summed E-state index contributed by atoms with van der Waals surface area (Å²) in [6.07, 6.45) is 0.398. The van der Waals surface area contributed by atoms with E-state index in [0.717, 1.165) is 0 Å². The van der Waals surface area contributed by atoms with Crippen LogP contribution in [0, 0.1) is 11.3 Å². The van der Waals surface area contributed by atoms with Gasteiger partial charge in [-0.1, -0.05) is 15.9 Å². The Morgan fingerprint density at radius 1 is 1.43 bits per heavy atom. The Balaban J connectivity index is 2.21. The second-order valence-corrected chi connectivity index (χ2v) is 7.37. The van der Waals surface area contributed by atoms with Gasteiger partial charge in [-0.15, -0.1) is 0 Å². The van der Waals surface area contributed by atoms with Crippen LogP contribution in [0.15, 0.2) is 27.6 Å². The molecule has 1 amide bonds. The standard InChI is InChI=1S/C13H13BrN2O4S/c1-8-2-3-12(20-8)13(17)16-21(18,19)11-5-9(7-15)4-10(14)6-11/h4-6,8,12H,2-3H2,1H3,(H,16,17)/t8-,12+/m1/s1. The normalized spacial score (nSPS) is 21.8. The molecule has 1 aliphatic rings. The van der Waals surface area contributed by atoms with Gasteiger partial charge >= 0.3 is 0 Å². The maximum atomic E-state index is 12.2. The van der Waals surface area contributed by atoms with Gasteiger partial charge in [0, 0.05) is 4.47 Å². The molecule has 1 heterocycles. The predicted molar refractivity (Wildman–Crippen MR) is 77.8 cm³/mol. The Morgan fingerprint density at radius 2 is 2.14 bits per heavy atom. The Kier molecular flexibility index (Phi) is 4.66. The number of halogens is 1. The van der Waals surface area contributed by atoms with Gasteiger partial charge in [-0.25, -0.2) is 13.1 Å². The fourth-order valence-corrected chi connectivity index (χ4v) is 3.76. The van der Waals surface area contributed by atoms with Crippen molar-refractivity contribution < 1.29 is 17.9 Å². The lowest BCUT2D eigenvalue weighted by Crippen LogP contribution is -2.38. The van der Waals surface area contributed by atoms with Crippen molar-refractivity contribution in [1.29, 1.82) is 5.26 Å². The van der Waals surface area contributed by atoms with E-state index in [9.17, 15) is 13.2 Å². The van der Waals surface area contributed by atoms with Gasteiger partial charge in [-0.2, -0.15) is 5.26 Å². The molecule has 0 aromatic heterocycles. The molecule has 112 valence electrons. The summed E-state index contributed by atoms with van der Waals surface area (Å²) >= 11 is 3.13. The Labute approximate surface area is 131 Å². The molecule has 1 saturated heterocycles. The zero-order valence-corrected chi connectivity index (χ0v) is 13.6. The topological polar surface area (TPSA) is 96.3 Å². The zero-order valence-electron chi connectivity index (χ0n) is 11.2. The van der Waals surface area contributed by atoms with Gasteiger partial charge in [0.15, 0.2) is 0 Å². The molecule has 1 aromatic carbocycles. The van der Waals surface area contributed by atoms with Crippen LogP contribution in [-0.4, -0.2) is 26.5 Å². The molecule has 1 aliphatic heterocycles. The molecule has 1 aromatic rings. The van der Waals surface area contributed by atoms with Crippen LogP contribution in [0.3, 0.4) is 0 Å². The second-order valence-electron chi connectivity index (χ2n) is 4.77. The summed E-state index contributed by atoms with van der Waals surface area (Å²) in [5.41, 5.74) is 0.183. The van der Waals surface area contributed by atoms with Gasteiger partial charge in [0.05, 0.1) is 22.6 Å². The summed E-state index contributed by atoms with van der Waals surface area (Å²) in [6, 6.07) is 5.89. The van der Waals surface area contributed by atoms with Crippen molar-refractivity contribution in [3.63, 3.8) is 0 Å². The van der Waals surface area contributed by atoms with E-state index in [1.807, 2.05) is 17.7 Å². The van der Waals surface area contributed by atoms with Crippen molar-refractivity contribution in [2.24, 2.45) is 0 Å². The minimum Gasteiger partial charge on any atom is -0.365 e. The predicted octanol–water partition coefficient (Wildman–Crippen LogP) is 1.69. The van der Waals surface area contributed by atoms with Crippen molar-refractivity contribution in [3.05, 3.63) is 28.2 Å². The van der Waals surface area contributed by atoms with Crippen LogP contribution in [0.25, 0.3) is 0 Å². The molecule has 2 atom stereocenters. The minimum atomic E-state index is -4.03. The van der Waals surface area contributed by atoms with Crippen LogP contribution < -0.4 is 4.72 Å². The van der Waals surface area contributed by atoms with Crippen LogP contribution in [0.4, 0.5) is 0 Å². The fraction of sp³-hybridized carbons (Fsp3) is 0.385. The number of benzene rings is 1. The van der Waals surface area contributed by atoms with Crippen LogP contribution >= 0.6 is 15.9 Å². The molecule has 0 saturated carbocycles. The van der Waals surface area contributed by atoms with Crippen molar-refractivity contribution in [2.75, 3.05) is 0 Å². The van der Waals surface area contributed by atoms with Gasteiger partial charge in [-0.05, 0) is 38.0 Å². The van der Waals surface area contributed by atoms with E-state index in [2.05, 4.69) is 15.9 Å². The highest BCUT2D eigenvalue weighted by Gasteiger charge is 2.31. The lowest BCUT2D eigenvalue weighted by Gasteiger charge is -2.12. The number of nitriles is 1. The van der Waals surface area contributed by atoms with Crippen LogP contribution in [0.1, 0.15) is 25.3 Å². The van der Waals surface area contributed by atoms with Gasteiger partial charge in [0.2, 0.25) is 0 Å². The first kappa shape index (κ1) is 15.9. The van der Waals surface area contributed by atoms with Crippen molar-refractivity contribution in [3.8, 4) is 6.07 Å². The largest absolute Gasteiger partial charge is 0.365 e. The first-order valence-electron chi connectivity index (χ1n) is 6.24. The quantitative estimate of drug-likeness (QED) is 0.870. The van der Waals surface area contributed by atoms with Crippen LogP contribution in [0.2, 0.25) is 0 Å². The summed E-state index contributed by atoms with van der Waals surface area (Å²) in [5.74, 6) is -0.683. The average Bonchev–Trinajstić information content (AvgIpc) is 2.84. The third-order valence-corrected chi connectivity index (χ3v) is 4.85. The maximum Gasteiger partial charge on any atom is 0.264 e. The molecule has 0 bridgehead atoms. The smallest absolute Gasteiger partial charge is 0.264 e. The first-order valence-corrected chi connectivity index (χ1v) is 8.52. The SMILES string of the molecule is C[C@@H]1CC[C@@H](C(=O)NS(=O)(=O)c2cc(Br)cc(C#N)c2)O1. The van der Waals surface area contributed by atoms with Gasteiger partial charge in [0.1, 0.15) is 6.10 Å². The number of ether oxygens (including phenoxy) is 1. The van der Waals surface area contributed by atoms with E-state index in [1.165, 1.54) is 18.2 Å². The summed E-state index contributed by atoms with van der Waals surface area (Å²) in [6.45, 7) is 1.83. The number of carbonyl (C=O) groups excluding carboxylic acids is 1. The number of hydrogen-bond donors (Lipinski definition) is 1. The number of carbonyl (C=O) groups is 1. The number of rotatable bonds is 3. The molecule has 6 nitrogen and oxygen atoms in total. The third-order valence-electron chi connectivity index (χ3n) is 3.07. The van der Waals surface area contributed by atoms with E-state index in [4.69, 9.17) is 10.00 Å². The molecule has 0 aliphatic carbocycles. The number of amides is 1. The molecule has 8 heteroatoms. The van der Waals surface area contributed by atoms with Crippen molar-refractivity contribution >= 4 is 31.9 Å². The van der Waals surface area contributed by atoms with Crippen molar-refractivity contribution in [2.45, 2.75) is 36.9 Å². The molecule has 21 heavy (non-hydrogen) atoms. The fourth-order valence-electron chi connectivity index (χ4n) is 2.03. The Hall–Kier alpha value is -1.43. The van der Waals surface area contributed by atoms with E-state index in [0.29, 0.717) is 17.3 Å². The highest BCUT2D eigenvalue weighted by atomic mass is 79.9. The molecular formula is C13H13BrN2O4S. The maximum absolute atomic E-state index is 12.2. The van der Waals surface area contributed by atoms with Crippen molar-refractivity contribution in [1.82, 2.24) is 4.72 Å². The van der Waals surface area contributed by atoms with E-state index in [1.54, 1.807) is 0 Å². The molecule has 0 radical (unpaired) electrons. The van der Waals surface area contributed by atoms with E-state index < -0.39 is 22.0 Å². The third kappa shape index (κ3) is 3.81. The first-order chi connectivity index (χ1) is 9.81. The van der Waals surface area contributed by atoms with Crippen LogP contribution in [0.5, 0.6) is 0 Å². The average molecular weight is 373 g/mol. The number of nitrogens with one attached hydrogen (secondary N) is 1. The number of hydrogen-bond acceptors (Lipinski definition) is 5. The highest BCUT2D eigenvalue weighted by molar-refractivity contribution is 9.10. The van der Waals surface area contributed by atoms with E-state index >= 15 is 0 Å². The summed E-state index contributed by atoms with van der Waals surface area (Å²) in [5, 5.41) is 8.86. The van der Waals surface area contributed by atoms with E-state index in [-0.39, 0.29) is 16.6 Å². The molecular weight excluding hydrogens is 360 g/mol. The summed E-state index contributed by atoms with van der Waals surface area (Å²) in [4.78, 5) is 11.8. The summed E-state index contributed by atoms with van der Waals surface area (Å²) in [7, 11) is -4.03. The highest BCUT2D eigenvalue weighted by Crippen LogP contribution is 2.22.